The minimum Gasteiger partial charge on any atom is -0.495 e. The first-order valence-corrected chi connectivity index (χ1v) is 10.4. The molecule has 28 heavy (non-hydrogen) atoms. The van der Waals surface area contributed by atoms with Gasteiger partial charge in [0.2, 0.25) is 10.0 Å². The van der Waals surface area contributed by atoms with E-state index in [0.717, 1.165) is 11.1 Å². The number of nitrogens with zero attached hydrogens (tertiary/aromatic N) is 1. The molecule has 2 aromatic rings. The summed E-state index contributed by atoms with van der Waals surface area (Å²) in [6.45, 7) is 5.25. The number of benzene rings is 2. The first-order valence-electron chi connectivity index (χ1n) is 8.97. The molecular weight excluding hydrogens is 380 g/mol. The number of carbonyl (C=O) groups is 1. The highest BCUT2D eigenvalue weighted by atomic mass is 32.2. The summed E-state index contributed by atoms with van der Waals surface area (Å²) < 4.78 is 37.7. The average Bonchev–Trinajstić information content (AvgIpc) is 2.70. The number of sulfonamides is 1. The van der Waals surface area contributed by atoms with Crippen LogP contribution in [0.1, 0.15) is 21.5 Å². The molecule has 7 nitrogen and oxygen atoms in total. The van der Waals surface area contributed by atoms with Crippen LogP contribution in [0.15, 0.2) is 41.3 Å². The minimum atomic E-state index is -3.68. The third-order valence-corrected chi connectivity index (χ3v) is 6.69. The van der Waals surface area contributed by atoms with Crippen LogP contribution in [0.4, 0.5) is 5.69 Å². The molecule has 1 amide bonds. The molecular formula is C20H24N2O5S. The van der Waals surface area contributed by atoms with Gasteiger partial charge in [0.05, 0.1) is 30.9 Å². The average molecular weight is 404 g/mol. The zero-order valence-electron chi connectivity index (χ0n) is 16.2. The van der Waals surface area contributed by atoms with Crippen molar-refractivity contribution in [3.05, 3.63) is 53.1 Å². The Bertz CT molecular complexity index is 982. The van der Waals surface area contributed by atoms with Crippen molar-refractivity contribution in [3.8, 4) is 5.75 Å². The second kappa shape index (κ2) is 8.30. The zero-order chi connectivity index (χ0) is 20.3. The number of morpholine rings is 1. The molecule has 0 aliphatic carbocycles. The summed E-state index contributed by atoms with van der Waals surface area (Å²) in [4.78, 5) is 12.8. The number of anilines is 1. The summed E-state index contributed by atoms with van der Waals surface area (Å²) in [6.07, 6.45) is 0. The molecule has 8 heteroatoms. The number of rotatable bonds is 5. The Kier molecular flexibility index (Phi) is 6.02. The van der Waals surface area contributed by atoms with Gasteiger partial charge in [0, 0.05) is 18.7 Å². The highest BCUT2D eigenvalue weighted by molar-refractivity contribution is 7.89. The quantitative estimate of drug-likeness (QED) is 0.828. The summed E-state index contributed by atoms with van der Waals surface area (Å²) >= 11 is 0. The minimum absolute atomic E-state index is 0.102. The molecule has 0 aromatic heterocycles. The standard InChI is InChI=1S/C20H24N2O5S/c1-14-4-5-16(12-15(14)2)20(23)21-18-13-17(6-7-19(18)26-3)28(24,25)22-8-10-27-11-9-22/h4-7,12-13H,8-11H2,1-3H3,(H,21,23). The lowest BCUT2D eigenvalue weighted by Gasteiger charge is -2.26. The van der Waals surface area contributed by atoms with Gasteiger partial charge in [0.25, 0.3) is 5.91 Å². The Morgan fingerprint density at radius 3 is 2.43 bits per heavy atom. The Hall–Kier alpha value is -2.42. The monoisotopic (exact) mass is 404 g/mol. The van der Waals surface area contributed by atoms with Crippen molar-refractivity contribution in [1.82, 2.24) is 4.31 Å². The molecule has 1 aliphatic heterocycles. The molecule has 0 unspecified atom stereocenters. The highest BCUT2D eigenvalue weighted by Crippen LogP contribution is 2.29. The van der Waals surface area contributed by atoms with E-state index in [2.05, 4.69) is 5.32 Å². The van der Waals surface area contributed by atoms with E-state index in [1.54, 1.807) is 18.2 Å². The van der Waals surface area contributed by atoms with Crippen LogP contribution in [0.5, 0.6) is 5.75 Å². The van der Waals surface area contributed by atoms with Crippen molar-refractivity contribution < 1.29 is 22.7 Å². The van der Waals surface area contributed by atoms with E-state index >= 15 is 0 Å². The first kappa shape index (κ1) is 20.3. The Balaban J connectivity index is 1.90. The fourth-order valence-corrected chi connectivity index (χ4v) is 4.39. The van der Waals surface area contributed by atoms with Crippen LogP contribution >= 0.6 is 0 Å². The molecule has 1 heterocycles. The molecule has 0 radical (unpaired) electrons. The molecule has 150 valence electrons. The number of carbonyl (C=O) groups excluding carboxylic acids is 1. The second-order valence-electron chi connectivity index (χ2n) is 6.63. The predicted octanol–water partition coefficient (Wildman–Crippen LogP) is 2.59. The van der Waals surface area contributed by atoms with E-state index in [9.17, 15) is 13.2 Å². The predicted molar refractivity (Wildman–Crippen MR) is 106 cm³/mol. The van der Waals surface area contributed by atoms with Crippen molar-refractivity contribution in [1.29, 1.82) is 0 Å². The van der Waals surface area contributed by atoms with Gasteiger partial charge in [-0.15, -0.1) is 0 Å². The van der Waals surface area contributed by atoms with Gasteiger partial charge in [-0.05, 0) is 55.3 Å². The van der Waals surface area contributed by atoms with Crippen LogP contribution in [0.25, 0.3) is 0 Å². The van der Waals surface area contributed by atoms with Gasteiger partial charge >= 0.3 is 0 Å². The molecule has 1 N–H and O–H groups in total. The van der Waals surface area contributed by atoms with Gasteiger partial charge in [0.1, 0.15) is 5.75 Å². The van der Waals surface area contributed by atoms with Crippen LogP contribution < -0.4 is 10.1 Å². The van der Waals surface area contributed by atoms with Crippen molar-refractivity contribution in [2.45, 2.75) is 18.7 Å². The first-order chi connectivity index (χ1) is 13.3. The molecule has 0 atom stereocenters. The van der Waals surface area contributed by atoms with Crippen LogP contribution in [-0.4, -0.2) is 52.0 Å². The van der Waals surface area contributed by atoms with Gasteiger partial charge in [-0.1, -0.05) is 6.07 Å². The Labute approximate surface area is 165 Å². The van der Waals surface area contributed by atoms with Crippen LogP contribution in [0, 0.1) is 13.8 Å². The summed E-state index contributed by atoms with van der Waals surface area (Å²) in [5, 5.41) is 2.77. The third kappa shape index (κ3) is 4.19. The van der Waals surface area contributed by atoms with Crippen LogP contribution in [0.2, 0.25) is 0 Å². The molecule has 3 rings (SSSR count). The van der Waals surface area contributed by atoms with Gasteiger partial charge in [-0.2, -0.15) is 4.31 Å². The van der Waals surface area contributed by atoms with Gasteiger partial charge < -0.3 is 14.8 Å². The maximum atomic E-state index is 12.9. The summed E-state index contributed by atoms with van der Waals surface area (Å²) in [5.74, 6) is 0.0560. The summed E-state index contributed by atoms with van der Waals surface area (Å²) in [5.41, 5.74) is 2.89. The molecule has 2 aromatic carbocycles. The summed E-state index contributed by atoms with van der Waals surface area (Å²) in [7, 11) is -2.21. The maximum Gasteiger partial charge on any atom is 0.255 e. The SMILES string of the molecule is COc1ccc(S(=O)(=O)N2CCOCC2)cc1NC(=O)c1ccc(C)c(C)c1. The fourth-order valence-electron chi connectivity index (χ4n) is 2.96. The van der Waals surface area contributed by atoms with E-state index in [0.29, 0.717) is 43.3 Å². The Morgan fingerprint density at radius 1 is 1.07 bits per heavy atom. The van der Waals surface area contributed by atoms with Crippen LogP contribution in [0.3, 0.4) is 0 Å². The third-order valence-electron chi connectivity index (χ3n) is 4.80. The van der Waals surface area contributed by atoms with E-state index in [4.69, 9.17) is 9.47 Å². The van der Waals surface area contributed by atoms with E-state index in [1.807, 2.05) is 19.9 Å². The largest absolute Gasteiger partial charge is 0.495 e. The molecule has 1 aliphatic rings. The van der Waals surface area contributed by atoms with E-state index in [-0.39, 0.29) is 10.8 Å². The van der Waals surface area contributed by atoms with Gasteiger partial charge in [-0.25, -0.2) is 8.42 Å². The Morgan fingerprint density at radius 2 is 1.79 bits per heavy atom. The van der Waals surface area contributed by atoms with E-state index in [1.165, 1.54) is 23.5 Å². The second-order valence-corrected chi connectivity index (χ2v) is 8.57. The molecule has 1 fully saturated rings. The van der Waals surface area contributed by atoms with E-state index < -0.39 is 10.0 Å². The lowest BCUT2D eigenvalue weighted by atomic mass is 10.1. The number of methoxy groups -OCH3 is 1. The molecule has 0 saturated carbocycles. The molecule has 0 spiro atoms. The van der Waals surface area contributed by atoms with Crippen molar-refractivity contribution in [3.63, 3.8) is 0 Å². The lowest BCUT2D eigenvalue weighted by Crippen LogP contribution is -2.40. The van der Waals surface area contributed by atoms with Crippen molar-refractivity contribution in [2.24, 2.45) is 0 Å². The van der Waals surface area contributed by atoms with Crippen molar-refractivity contribution in [2.75, 3.05) is 38.7 Å². The van der Waals surface area contributed by atoms with Gasteiger partial charge in [-0.3, -0.25) is 4.79 Å². The number of amides is 1. The zero-order valence-corrected chi connectivity index (χ0v) is 17.0. The lowest BCUT2D eigenvalue weighted by molar-refractivity contribution is 0.0730. The van der Waals surface area contributed by atoms with Gasteiger partial charge in [0.15, 0.2) is 0 Å². The fraction of sp³-hybridized carbons (Fsp3) is 0.350. The molecule has 1 saturated heterocycles. The number of aryl methyl sites for hydroxylation is 2. The molecule has 0 bridgehead atoms. The number of ether oxygens (including phenoxy) is 2. The van der Waals surface area contributed by atoms with Crippen molar-refractivity contribution >= 4 is 21.6 Å². The summed E-state index contributed by atoms with van der Waals surface area (Å²) in [6, 6.07) is 9.87. The maximum absolute atomic E-state index is 12.9. The number of hydrogen-bond acceptors (Lipinski definition) is 5. The normalized spacial score (nSPS) is 15.2. The number of nitrogens with one attached hydrogen (secondary N) is 1. The van der Waals surface area contributed by atoms with Crippen LogP contribution in [-0.2, 0) is 14.8 Å². The topological polar surface area (TPSA) is 84.9 Å². The smallest absolute Gasteiger partial charge is 0.255 e. The highest BCUT2D eigenvalue weighted by Gasteiger charge is 2.27. The number of hydrogen-bond donors (Lipinski definition) is 1.